The molecule has 0 radical (unpaired) electrons. The van der Waals surface area contributed by atoms with Crippen molar-refractivity contribution < 1.29 is 4.39 Å². The van der Waals surface area contributed by atoms with Gasteiger partial charge in [0.15, 0.2) is 5.82 Å². The first kappa shape index (κ1) is 8.49. The molecule has 0 unspecified atom stereocenters. The predicted molar refractivity (Wildman–Crippen MR) is 54.1 cm³/mol. The van der Waals surface area contributed by atoms with E-state index in [-0.39, 0.29) is 5.82 Å². The highest BCUT2D eigenvalue weighted by Crippen LogP contribution is 2.19. The molecule has 0 fully saturated rings. The molecule has 3 aromatic rings. The fraction of sp³-hybridized carbons (Fsp3) is 0. The van der Waals surface area contributed by atoms with Crippen LogP contribution in [-0.4, -0.2) is 19.8 Å². The van der Waals surface area contributed by atoms with E-state index in [0.717, 1.165) is 10.5 Å². The van der Waals surface area contributed by atoms with E-state index < -0.39 is 0 Å². The monoisotopic (exact) mass is 220 g/mol. The number of benzene rings is 1. The minimum absolute atomic E-state index is 0.266. The highest BCUT2D eigenvalue weighted by atomic mass is 32.1. The quantitative estimate of drug-likeness (QED) is 0.630. The van der Waals surface area contributed by atoms with Crippen molar-refractivity contribution in [2.24, 2.45) is 0 Å². The summed E-state index contributed by atoms with van der Waals surface area (Å²) in [6.07, 6.45) is 0. The lowest BCUT2D eigenvalue weighted by Gasteiger charge is -1.95. The Kier molecular flexibility index (Phi) is 1.75. The van der Waals surface area contributed by atoms with Crippen molar-refractivity contribution in [3.63, 3.8) is 0 Å². The first-order chi connectivity index (χ1) is 7.34. The summed E-state index contributed by atoms with van der Waals surface area (Å²) >= 11 is 1.41. The number of rotatable bonds is 1. The average Bonchev–Trinajstić information content (AvgIpc) is 2.80. The molecule has 3 rings (SSSR count). The van der Waals surface area contributed by atoms with Gasteiger partial charge in [-0.15, -0.1) is 10.2 Å². The van der Waals surface area contributed by atoms with Gasteiger partial charge in [-0.2, -0.15) is 9.61 Å². The van der Waals surface area contributed by atoms with Crippen LogP contribution < -0.4 is 0 Å². The van der Waals surface area contributed by atoms with E-state index in [4.69, 9.17) is 0 Å². The van der Waals surface area contributed by atoms with Crippen LogP contribution in [0.5, 0.6) is 0 Å². The SMILES string of the molecule is Fc1ccc(-c2nnc3scnn23)cc1. The number of halogens is 1. The molecule has 0 spiro atoms. The summed E-state index contributed by atoms with van der Waals surface area (Å²) in [4.78, 5) is 0.731. The lowest BCUT2D eigenvalue weighted by atomic mass is 10.2. The van der Waals surface area contributed by atoms with Crippen LogP contribution in [-0.2, 0) is 0 Å². The Morgan fingerprint density at radius 2 is 1.93 bits per heavy atom. The van der Waals surface area contributed by atoms with Gasteiger partial charge in [-0.25, -0.2) is 4.39 Å². The molecule has 0 N–H and O–H groups in total. The third kappa shape index (κ3) is 1.30. The van der Waals surface area contributed by atoms with Crippen LogP contribution in [0.4, 0.5) is 4.39 Å². The van der Waals surface area contributed by atoms with Crippen LogP contribution in [0.3, 0.4) is 0 Å². The lowest BCUT2D eigenvalue weighted by molar-refractivity contribution is 0.628. The van der Waals surface area contributed by atoms with Gasteiger partial charge in [-0.05, 0) is 24.3 Å². The fourth-order valence-electron chi connectivity index (χ4n) is 1.34. The summed E-state index contributed by atoms with van der Waals surface area (Å²) in [6.45, 7) is 0. The molecule has 0 bridgehead atoms. The van der Waals surface area contributed by atoms with E-state index in [2.05, 4.69) is 15.3 Å². The number of fused-ring (bicyclic) bond motifs is 1. The summed E-state index contributed by atoms with van der Waals surface area (Å²) in [5, 5.41) is 12.0. The predicted octanol–water partition coefficient (Wildman–Crippen LogP) is 1.99. The Morgan fingerprint density at radius 1 is 1.13 bits per heavy atom. The molecule has 74 valence electrons. The normalized spacial score (nSPS) is 11.0. The highest BCUT2D eigenvalue weighted by Gasteiger charge is 2.09. The Labute approximate surface area is 88.0 Å². The average molecular weight is 220 g/mol. The van der Waals surface area contributed by atoms with Crippen molar-refractivity contribution in [2.45, 2.75) is 0 Å². The molecule has 0 atom stereocenters. The van der Waals surface area contributed by atoms with Crippen molar-refractivity contribution in [1.82, 2.24) is 19.8 Å². The maximum Gasteiger partial charge on any atom is 0.234 e. The van der Waals surface area contributed by atoms with Crippen LogP contribution in [0.1, 0.15) is 0 Å². The van der Waals surface area contributed by atoms with Crippen LogP contribution in [0.2, 0.25) is 0 Å². The van der Waals surface area contributed by atoms with Crippen molar-refractivity contribution >= 4 is 16.3 Å². The van der Waals surface area contributed by atoms with Gasteiger partial charge in [0.2, 0.25) is 4.96 Å². The van der Waals surface area contributed by atoms with Crippen LogP contribution in [0.25, 0.3) is 16.3 Å². The van der Waals surface area contributed by atoms with Crippen LogP contribution in [0.15, 0.2) is 29.8 Å². The molecule has 0 saturated heterocycles. The van der Waals surface area contributed by atoms with Gasteiger partial charge < -0.3 is 0 Å². The van der Waals surface area contributed by atoms with Gasteiger partial charge in [0.1, 0.15) is 11.3 Å². The summed E-state index contributed by atoms with van der Waals surface area (Å²) in [5.74, 6) is 0.365. The Bertz CT molecular complexity index is 598. The molecule has 0 aliphatic rings. The van der Waals surface area contributed by atoms with Gasteiger partial charge in [0.05, 0.1) is 0 Å². The Morgan fingerprint density at radius 3 is 2.73 bits per heavy atom. The van der Waals surface area contributed by atoms with Gasteiger partial charge >= 0.3 is 0 Å². The zero-order valence-corrected chi connectivity index (χ0v) is 8.28. The topological polar surface area (TPSA) is 43.1 Å². The largest absolute Gasteiger partial charge is 0.234 e. The Balaban J connectivity index is 2.21. The number of hydrogen-bond donors (Lipinski definition) is 0. The second-order valence-corrected chi connectivity index (χ2v) is 3.78. The van der Waals surface area contributed by atoms with E-state index in [0.29, 0.717) is 5.82 Å². The van der Waals surface area contributed by atoms with Gasteiger partial charge in [0.25, 0.3) is 0 Å². The molecule has 4 nitrogen and oxygen atoms in total. The summed E-state index contributed by atoms with van der Waals surface area (Å²) in [6, 6.07) is 6.10. The van der Waals surface area contributed by atoms with Gasteiger partial charge in [-0.1, -0.05) is 11.3 Å². The third-order valence-corrected chi connectivity index (χ3v) is 2.70. The van der Waals surface area contributed by atoms with Crippen LogP contribution in [0, 0.1) is 5.82 Å². The van der Waals surface area contributed by atoms with E-state index in [1.54, 1.807) is 22.2 Å². The smallest absolute Gasteiger partial charge is 0.207 e. The van der Waals surface area contributed by atoms with E-state index in [1.165, 1.54) is 23.5 Å². The number of aromatic nitrogens is 4. The van der Waals surface area contributed by atoms with E-state index in [1.807, 2.05) is 0 Å². The lowest BCUT2D eigenvalue weighted by Crippen LogP contribution is -1.89. The van der Waals surface area contributed by atoms with E-state index in [9.17, 15) is 4.39 Å². The second-order valence-electron chi connectivity index (χ2n) is 2.96. The van der Waals surface area contributed by atoms with E-state index >= 15 is 0 Å². The van der Waals surface area contributed by atoms with Crippen LogP contribution >= 0.6 is 11.3 Å². The van der Waals surface area contributed by atoms with Crippen molar-refractivity contribution in [1.29, 1.82) is 0 Å². The molecular weight excluding hydrogens is 215 g/mol. The van der Waals surface area contributed by atoms with Crippen molar-refractivity contribution in [3.8, 4) is 11.4 Å². The maximum atomic E-state index is 12.7. The van der Waals surface area contributed by atoms with Gasteiger partial charge in [-0.3, -0.25) is 0 Å². The first-order valence-corrected chi connectivity index (χ1v) is 5.13. The standard InChI is InChI=1S/C9H5FN4S/c10-7-3-1-6(2-4-7)8-12-13-9-14(8)11-5-15-9/h1-5H. The molecular formula is C9H5FN4S. The zero-order chi connectivity index (χ0) is 10.3. The second kappa shape index (κ2) is 3.09. The minimum atomic E-state index is -0.266. The number of hydrogen-bond acceptors (Lipinski definition) is 4. The molecule has 0 aliphatic carbocycles. The van der Waals surface area contributed by atoms with Crippen molar-refractivity contribution in [3.05, 3.63) is 35.6 Å². The zero-order valence-electron chi connectivity index (χ0n) is 7.46. The van der Waals surface area contributed by atoms with Gasteiger partial charge in [0, 0.05) is 5.56 Å². The summed E-state index contributed by atoms with van der Waals surface area (Å²) < 4.78 is 14.4. The fourth-order valence-corrected chi connectivity index (χ4v) is 1.90. The molecule has 6 heteroatoms. The molecule has 15 heavy (non-hydrogen) atoms. The minimum Gasteiger partial charge on any atom is -0.207 e. The summed E-state index contributed by atoms with van der Waals surface area (Å²) in [5.41, 5.74) is 2.49. The highest BCUT2D eigenvalue weighted by molar-refractivity contribution is 7.14. The summed E-state index contributed by atoms with van der Waals surface area (Å²) in [7, 11) is 0. The molecule has 0 aliphatic heterocycles. The first-order valence-electron chi connectivity index (χ1n) is 4.25. The molecule has 2 heterocycles. The van der Waals surface area contributed by atoms with Crippen molar-refractivity contribution in [2.75, 3.05) is 0 Å². The number of nitrogens with zero attached hydrogens (tertiary/aromatic N) is 4. The Hall–Kier alpha value is -1.82. The molecule has 0 amide bonds. The maximum absolute atomic E-state index is 12.7. The third-order valence-electron chi connectivity index (χ3n) is 2.04. The molecule has 1 aromatic carbocycles. The molecule has 2 aromatic heterocycles. The molecule has 0 saturated carbocycles.